The number of benzene rings is 3. The zero-order valence-electron chi connectivity index (χ0n) is 17.5. The third kappa shape index (κ3) is 4.65. The SMILES string of the molecule is COc1ccc([C@@H]2Cc3cc(Cl)ccc3NC(=O)[C@H]2OS(=O)(=O)c2ccc(C)cc2)cc1. The van der Waals surface area contributed by atoms with E-state index in [2.05, 4.69) is 5.32 Å². The first-order chi connectivity index (χ1) is 15.3. The molecule has 166 valence electrons. The van der Waals surface area contributed by atoms with Gasteiger partial charge in [0.1, 0.15) is 5.75 Å². The molecule has 1 N–H and O–H groups in total. The van der Waals surface area contributed by atoms with Crippen molar-refractivity contribution < 1.29 is 22.1 Å². The Kier molecular flexibility index (Phi) is 6.24. The molecular formula is C24H22ClNO5S. The number of aryl methyl sites for hydroxylation is 1. The van der Waals surface area contributed by atoms with Crippen LogP contribution < -0.4 is 10.1 Å². The van der Waals surface area contributed by atoms with Gasteiger partial charge in [-0.25, -0.2) is 0 Å². The van der Waals surface area contributed by atoms with Crippen LogP contribution in [0.3, 0.4) is 0 Å². The Morgan fingerprint density at radius 1 is 1.00 bits per heavy atom. The number of carbonyl (C=O) groups excluding carboxylic acids is 1. The van der Waals surface area contributed by atoms with Crippen molar-refractivity contribution in [2.24, 2.45) is 0 Å². The van der Waals surface area contributed by atoms with Crippen LogP contribution in [-0.4, -0.2) is 27.5 Å². The molecule has 3 aromatic rings. The van der Waals surface area contributed by atoms with E-state index in [4.69, 9.17) is 20.5 Å². The van der Waals surface area contributed by atoms with Crippen molar-refractivity contribution in [1.82, 2.24) is 0 Å². The van der Waals surface area contributed by atoms with Crippen LogP contribution in [0, 0.1) is 6.92 Å². The molecule has 1 amide bonds. The molecule has 1 aliphatic heterocycles. The number of carbonyl (C=O) groups is 1. The summed E-state index contributed by atoms with van der Waals surface area (Å²) in [6.07, 6.45) is -0.921. The molecule has 0 aromatic heterocycles. The topological polar surface area (TPSA) is 81.7 Å². The summed E-state index contributed by atoms with van der Waals surface area (Å²) in [5.74, 6) is -0.455. The number of methoxy groups -OCH3 is 1. The maximum Gasteiger partial charge on any atom is 0.297 e. The fraction of sp³-hybridized carbons (Fsp3) is 0.208. The Labute approximate surface area is 192 Å². The summed E-state index contributed by atoms with van der Waals surface area (Å²) in [7, 11) is -2.62. The number of hydrogen-bond acceptors (Lipinski definition) is 5. The summed E-state index contributed by atoms with van der Waals surface area (Å²) < 4.78 is 36.9. The Balaban J connectivity index is 1.76. The first kappa shape index (κ1) is 22.3. The Morgan fingerprint density at radius 3 is 2.34 bits per heavy atom. The largest absolute Gasteiger partial charge is 0.497 e. The minimum Gasteiger partial charge on any atom is -0.497 e. The second kappa shape index (κ2) is 8.94. The number of rotatable bonds is 5. The molecule has 0 radical (unpaired) electrons. The lowest BCUT2D eigenvalue weighted by Crippen LogP contribution is -2.36. The van der Waals surface area contributed by atoms with Crippen LogP contribution in [0.4, 0.5) is 5.69 Å². The van der Waals surface area contributed by atoms with Crippen LogP contribution in [0.25, 0.3) is 0 Å². The summed E-state index contributed by atoms with van der Waals surface area (Å²) in [4.78, 5) is 13.2. The van der Waals surface area contributed by atoms with Gasteiger partial charge in [0.15, 0.2) is 6.10 Å². The number of anilines is 1. The average molecular weight is 472 g/mol. The van der Waals surface area contributed by atoms with Gasteiger partial charge in [-0.1, -0.05) is 41.4 Å². The molecule has 0 unspecified atom stereocenters. The molecule has 4 rings (SSSR count). The molecule has 1 aliphatic rings. The third-order valence-corrected chi connectivity index (χ3v) is 7.02. The average Bonchev–Trinajstić information content (AvgIpc) is 2.90. The second-order valence-electron chi connectivity index (χ2n) is 7.66. The zero-order valence-corrected chi connectivity index (χ0v) is 19.1. The van der Waals surface area contributed by atoms with Gasteiger partial charge in [0.25, 0.3) is 16.0 Å². The van der Waals surface area contributed by atoms with Gasteiger partial charge >= 0.3 is 0 Å². The molecule has 6 nitrogen and oxygen atoms in total. The maximum absolute atomic E-state index is 13.2. The molecule has 8 heteroatoms. The molecule has 1 heterocycles. The van der Waals surface area contributed by atoms with Crippen molar-refractivity contribution in [1.29, 1.82) is 0 Å². The Bertz CT molecular complexity index is 1240. The monoisotopic (exact) mass is 471 g/mol. The van der Waals surface area contributed by atoms with Crippen LogP contribution in [0.2, 0.25) is 5.02 Å². The minimum atomic E-state index is -4.19. The summed E-state index contributed by atoms with van der Waals surface area (Å²) in [5.41, 5.74) is 3.04. The number of fused-ring (bicyclic) bond motifs is 1. The van der Waals surface area contributed by atoms with Crippen LogP contribution in [0.1, 0.15) is 22.6 Å². The molecular weight excluding hydrogens is 450 g/mol. The molecule has 0 bridgehead atoms. The molecule has 0 spiro atoms. The van der Waals surface area contributed by atoms with Crippen molar-refractivity contribution >= 4 is 33.3 Å². The predicted octanol–water partition coefficient (Wildman–Crippen LogP) is 4.71. The van der Waals surface area contributed by atoms with Gasteiger partial charge in [0.05, 0.1) is 12.0 Å². The highest BCUT2D eigenvalue weighted by atomic mass is 35.5. The van der Waals surface area contributed by atoms with E-state index in [1.165, 1.54) is 12.1 Å². The van der Waals surface area contributed by atoms with Crippen molar-refractivity contribution in [2.45, 2.75) is 30.3 Å². The molecule has 3 aromatic carbocycles. The van der Waals surface area contributed by atoms with Crippen molar-refractivity contribution in [3.8, 4) is 5.75 Å². The summed E-state index contributed by atoms with van der Waals surface area (Å²) in [5, 5.41) is 3.32. The summed E-state index contributed by atoms with van der Waals surface area (Å²) >= 11 is 6.18. The van der Waals surface area contributed by atoms with E-state index in [1.54, 1.807) is 61.7 Å². The summed E-state index contributed by atoms with van der Waals surface area (Å²) in [6.45, 7) is 1.86. The highest BCUT2D eigenvalue weighted by Crippen LogP contribution is 2.36. The quantitative estimate of drug-likeness (QED) is 0.545. The lowest BCUT2D eigenvalue weighted by Gasteiger charge is -2.24. The Hall–Kier alpha value is -2.87. The molecule has 2 atom stereocenters. The molecule has 0 saturated heterocycles. The van der Waals surface area contributed by atoms with Crippen molar-refractivity contribution in [3.63, 3.8) is 0 Å². The van der Waals surface area contributed by atoms with E-state index >= 15 is 0 Å². The van der Waals surface area contributed by atoms with Crippen molar-refractivity contribution in [2.75, 3.05) is 12.4 Å². The lowest BCUT2D eigenvalue weighted by molar-refractivity contribution is -0.123. The highest BCUT2D eigenvalue weighted by Gasteiger charge is 2.38. The number of hydrogen-bond donors (Lipinski definition) is 1. The molecule has 0 aliphatic carbocycles. The smallest absolute Gasteiger partial charge is 0.297 e. The highest BCUT2D eigenvalue weighted by molar-refractivity contribution is 7.86. The molecule has 32 heavy (non-hydrogen) atoms. The van der Waals surface area contributed by atoms with Gasteiger partial charge < -0.3 is 10.1 Å². The standard InChI is InChI=1S/C24H22ClNO5S/c1-15-3-10-20(11-4-15)32(28,29)31-23-21(16-5-8-19(30-2)9-6-16)14-17-13-18(25)7-12-22(17)26-24(23)27/h3-13,21,23H,14H2,1-2H3,(H,26,27)/t21-,23-/m0/s1. The van der Waals surface area contributed by atoms with Gasteiger partial charge in [-0.2, -0.15) is 8.42 Å². The molecule has 0 fully saturated rings. The van der Waals surface area contributed by atoms with Crippen LogP contribution in [0.5, 0.6) is 5.75 Å². The van der Waals surface area contributed by atoms with E-state index < -0.39 is 28.0 Å². The third-order valence-electron chi connectivity index (χ3n) is 5.47. The predicted molar refractivity (Wildman–Crippen MR) is 123 cm³/mol. The van der Waals surface area contributed by atoms with E-state index in [9.17, 15) is 13.2 Å². The normalized spacial score (nSPS) is 18.4. The first-order valence-electron chi connectivity index (χ1n) is 10.00. The number of amides is 1. The Morgan fingerprint density at radius 2 is 1.69 bits per heavy atom. The zero-order chi connectivity index (χ0) is 22.9. The van der Waals surface area contributed by atoms with Gasteiger partial charge in [-0.05, 0) is 66.9 Å². The first-order valence-corrected chi connectivity index (χ1v) is 11.8. The number of halogens is 1. The summed E-state index contributed by atoms with van der Waals surface area (Å²) in [6, 6.07) is 18.6. The van der Waals surface area contributed by atoms with E-state index in [0.29, 0.717) is 22.9 Å². The fourth-order valence-electron chi connectivity index (χ4n) is 3.74. The molecule has 0 saturated carbocycles. The lowest BCUT2D eigenvalue weighted by atomic mass is 9.88. The van der Waals surface area contributed by atoms with Crippen LogP contribution in [0.15, 0.2) is 71.6 Å². The van der Waals surface area contributed by atoms with Gasteiger partial charge in [0.2, 0.25) is 0 Å². The van der Waals surface area contributed by atoms with Gasteiger partial charge in [-0.3, -0.25) is 8.98 Å². The van der Waals surface area contributed by atoms with Crippen molar-refractivity contribution in [3.05, 3.63) is 88.4 Å². The van der Waals surface area contributed by atoms with Crippen LogP contribution in [-0.2, 0) is 25.5 Å². The van der Waals surface area contributed by atoms with E-state index in [1.807, 2.05) is 6.92 Å². The minimum absolute atomic E-state index is 0.00538. The maximum atomic E-state index is 13.2. The van der Waals surface area contributed by atoms with Gasteiger partial charge in [0, 0.05) is 16.6 Å². The fourth-order valence-corrected chi connectivity index (χ4v) is 5.00. The van der Waals surface area contributed by atoms with E-state index in [0.717, 1.165) is 16.7 Å². The van der Waals surface area contributed by atoms with Gasteiger partial charge in [-0.15, -0.1) is 0 Å². The van der Waals surface area contributed by atoms with Crippen LogP contribution >= 0.6 is 11.6 Å². The van der Waals surface area contributed by atoms with E-state index in [-0.39, 0.29) is 4.90 Å². The number of nitrogens with one attached hydrogen (secondary N) is 1. The second-order valence-corrected chi connectivity index (χ2v) is 9.67. The number of ether oxygens (including phenoxy) is 1.